The molecule has 4 heteroatoms. The fraction of sp³-hybridized carbons (Fsp3) is 0.125. The van der Waals surface area contributed by atoms with E-state index in [9.17, 15) is 0 Å². The highest BCUT2D eigenvalue weighted by atomic mass is 14.9. The Labute approximate surface area is 69.8 Å². The highest BCUT2D eigenvalue weighted by Gasteiger charge is 2.05. The largest absolute Gasteiger partial charge is 0.360 e. The molecule has 2 aromatic rings. The van der Waals surface area contributed by atoms with E-state index < -0.39 is 0 Å². The number of aromatic amines is 2. The molecule has 0 saturated heterocycles. The Morgan fingerprint density at radius 2 is 2.33 bits per heavy atom. The van der Waals surface area contributed by atoms with Gasteiger partial charge in [0.05, 0.1) is 17.7 Å². The van der Waals surface area contributed by atoms with Crippen LogP contribution in [0.5, 0.6) is 0 Å². The summed E-state index contributed by atoms with van der Waals surface area (Å²) in [6.45, 7) is 0.481. The Balaban J connectivity index is 2.46. The van der Waals surface area contributed by atoms with Crippen LogP contribution in [0.2, 0.25) is 0 Å². The molecule has 2 heterocycles. The molecule has 0 aromatic carbocycles. The summed E-state index contributed by atoms with van der Waals surface area (Å²) >= 11 is 0. The molecule has 0 fully saturated rings. The zero-order valence-corrected chi connectivity index (χ0v) is 6.54. The molecule has 0 aliphatic heterocycles. The number of hydrogen-bond donors (Lipinski definition) is 3. The van der Waals surface area contributed by atoms with Crippen LogP contribution in [-0.4, -0.2) is 15.0 Å². The molecule has 4 nitrogen and oxygen atoms in total. The van der Waals surface area contributed by atoms with Gasteiger partial charge in [0.15, 0.2) is 0 Å². The van der Waals surface area contributed by atoms with E-state index in [0.717, 1.165) is 17.1 Å². The number of H-pyrrole nitrogens is 2. The predicted molar refractivity (Wildman–Crippen MR) is 46.3 cm³/mol. The second-order valence-electron chi connectivity index (χ2n) is 2.52. The van der Waals surface area contributed by atoms with Crippen molar-refractivity contribution in [1.29, 1.82) is 0 Å². The number of hydrogen-bond acceptors (Lipinski definition) is 2. The third-order valence-electron chi connectivity index (χ3n) is 1.78. The van der Waals surface area contributed by atoms with Gasteiger partial charge in [-0.15, -0.1) is 0 Å². The summed E-state index contributed by atoms with van der Waals surface area (Å²) in [5.74, 6) is 0. The lowest BCUT2D eigenvalue weighted by molar-refractivity contribution is 1.01. The fourth-order valence-corrected chi connectivity index (χ4v) is 1.19. The summed E-state index contributed by atoms with van der Waals surface area (Å²) in [4.78, 5) is 10.2. The van der Waals surface area contributed by atoms with Gasteiger partial charge >= 0.3 is 0 Å². The topological polar surface area (TPSA) is 70.5 Å². The maximum Gasteiger partial charge on any atom is 0.109 e. The zero-order valence-electron chi connectivity index (χ0n) is 6.54. The summed E-state index contributed by atoms with van der Waals surface area (Å²) in [6.07, 6.45) is 3.52. The molecule has 4 N–H and O–H groups in total. The zero-order chi connectivity index (χ0) is 8.39. The van der Waals surface area contributed by atoms with E-state index in [1.165, 1.54) is 0 Å². The molecule has 0 saturated carbocycles. The minimum absolute atomic E-state index is 0.481. The highest BCUT2D eigenvalue weighted by Crippen LogP contribution is 2.16. The fourth-order valence-electron chi connectivity index (χ4n) is 1.19. The Morgan fingerprint density at radius 1 is 1.42 bits per heavy atom. The Bertz CT molecular complexity index is 347. The third-order valence-corrected chi connectivity index (χ3v) is 1.78. The van der Waals surface area contributed by atoms with Gasteiger partial charge in [-0.1, -0.05) is 0 Å². The summed E-state index contributed by atoms with van der Waals surface area (Å²) in [7, 11) is 0. The molecule has 0 unspecified atom stereocenters. The number of nitrogens with zero attached hydrogens (tertiary/aromatic N) is 1. The molecule has 0 amide bonds. The number of nitrogens with one attached hydrogen (secondary N) is 2. The lowest BCUT2D eigenvalue weighted by atomic mass is 10.2. The molecule has 12 heavy (non-hydrogen) atoms. The minimum atomic E-state index is 0.481. The van der Waals surface area contributed by atoms with E-state index in [-0.39, 0.29) is 0 Å². The van der Waals surface area contributed by atoms with Crippen molar-refractivity contribution in [3.05, 3.63) is 30.4 Å². The lowest BCUT2D eigenvalue weighted by Gasteiger charge is -1.95. The maximum atomic E-state index is 5.52. The molecule has 0 bridgehead atoms. The first-order valence-electron chi connectivity index (χ1n) is 3.78. The van der Waals surface area contributed by atoms with E-state index in [4.69, 9.17) is 5.73 Å². The summed E-state index contributed by atoms with van der Waals surface area (Å²) < 4.78 is 0. The van der Waals surface area contributed by atoms with Crippen molar-refractivity contribution in [3.8, 4) is 11.4 Å². The number of imidazole rings is 1. The number of rotatable bonds is 2. The normalized spacial score (nSPS) is 10.4. The van der Waals surface area contributed by atoms with Gasteiger partial charge in [-0.3, -0.25) is 0 Å². The molecule has 2 rings (SSSR count). The molecule has 0 aliphatic rings. The first-order chi connectivity index (χ1) is 5.92. The van der Waals surface area contributed by atoms with Gasteiger partial charge in [-0.25, -0.2) is 4.98 Å². The highest BCUT2D eigenvalue weighted by molar-refractivity contribution is 5.56. The van der Waals surface area contributed by atoms with Gasteiger partial charge in [0.1, 0.15) is 5.69 Å². The minimum Gasteiger partial charge on any atom is -0.360 e. The monoisotopic (exact) mass is 162 g/mol. The SMILES string of the molecule is NCc1[nH]cnc1-c1ccc[nH]1. The quantitative estimate of drug-likeness (QED) is 0.613. The molecule has 0 radical (unpaired) electrons. The molecule has 0 aliphatic carbocycles. The van der Waals surface area contributed by atoms with Crippen LogP contribution in [0.1, 0.15) is 5.69 Å². The van der Waals surface area contributed by atoms with E-state index in [2.05, 4.69) is 15.0 Å². The second-order valence-corrected chi connectivity index (χ2v) is 2.52. The van der Waals surface area contributed by atoms with Gasteiger partial charge in [0.25, 0.3) is 0 Å². The number of aromatic nitrogens is 3. The number of nitrogens with two attached hydrogens (primary N) is 1. The average Bonchev–Trinajstić information content (AvgIpc) is 2.74. The van der Waals surface area contributed by atoms with Gasteiger partial charge in [-0.05, 0) is 12.1 Å². The van der Waals surface area contributed by atoms with Crippen molar-refractivity contribution < 1.29 is 0 Å². The predicted octanol–water partition coefficient (Wildman–Crippen LogP) is 0.863. The molecule has 0 atom stereocenters. The second kappa shape index (κ2) is 2.83. The van der Waals surface area contributed by atoms with Crippen LogP contribution < -0.4 is 5.73 Å². The molecule has 0 spiro atoms. The Hall–Kier alpha value is -1.55. The van der Waals surface area contributed by atoms with Crippen LogP contribution in [0.25, 0.3) is 11.4 Å². The van der Waals surface area contributed by atoms with Crippen LogP contribution in [0, 0.1) is 0 Å². The van der Waals surface area contributed by atoms with E-state index in [1.807, 2.05) is 18.3 Å². The van der Waals surface area contributed by atoms with Crippen LogP contribution in [0.3, 0.4) is 0 Å². The Morgan fingerprint density at radius 3 is 3.00 bits per heavy atom. The molecule has 62 valence electrons. The van der Waals surface area contributed by atoms with Crippen molar-refractivity contribution in [2.75, 3.05) is 0 Å². The van der Waals surface area contributed by atoms with Gasteiger partial charge < -0.3 is 15.7 Å². The van der Waals surface area contributed by atoms with E-state index >= 15 is 0 Å². The van der Waals surface area contributed by atoms with Gasteiger partial charge in [0, 0.05) is 12.7 Å². The van der Waals surface area contributed by atoms with Crippen molar-refractivity contribution in [2.24, 2.45) is 5.73 Å². The molecular weight excluding hydrogens is 152 g/mol. The van der Waals surface area contributed by atoms with Crippen molar-refractivity contribution in [1.82, 2.24) is 15.0 Å². The van der Waals surface area contributed by atoms with Crippen LogP contribution in [0.15, 0.2) is 24.7 Å². The maximum absolute atomic E-state index is 5.52. The van der Waals surface area contributed by atoms with E-state index in [0.29, 0.717) is 6.54 Å². The summed E-state index contributed by atoms with van der Waals surface area (Å²) in [6, 6.07) is 3.90. The summed E-state index contributed by atoms with van der Waals surface area (Å²) in [5, 5.41) is 0. The van der Waals surface area contributed by atoms with Crippen molar-refractivity contribution in [2.45, 2.75) is 6.54 Å². The average molecular weight is 162 g/mol. The lowest BCUT2D eigenvalue weighted by Crippen LogP contribution is -1.98. The first-order valence-corrected chi connectivity index (χ1v) is 3.78. The Kier molecular flexibility index (Phi) is 1.68. The molecule has 2 aromatic heterocycles. The van der Waals surface area contributed by atoms with Crippen molar-refractivity contribution in [3.63, 3.8) is 0 Å². The summed E-state index contributed by atoms with van der Waals surface area (Å²) in [5.41, 5.74) is 8.37. The van der Waals surface area contributed by atoms with Crippen LogP contribution in [0.4, 0.5) is 0 Å². The van der Waals surface area contributed by atoms with Gasteiger partial charge in [0.2, 0.25) is 0 Å². The van der Waals surface area contributed by atoms with Crippen molar-refractivity contribution >= 4 is 0 Å². The standard InChI is InChI=1S/C8H10N4/c9-4-7-8(12-5-11-7)6-2-1-3-10-6/h1-3,5,10H,4,9H2,(H,11,12). The van der Waals surface area contributed by atoms with E-state index in [1.54, 1.807) is 6.33 Å². The van der Waals surface area contributed by atoms with Crippen LogP contribution >= 0.6 is 0 Å². The first kappa shape index (κ1) is 7.12. The smallest absolute Gasteiger partial charge is 0.109 e. The van der Waals surface area contributed by atoms with Gasteiger partial charge in [-0.2, -0.15) is 0 Å². The third kappa shape index (κ3) is 1.02. The van der Waals surface area contributed by atoms with Crippen LogP contribution in [-0.2, 0) is 6.54 Å². The molecular formula is C8H10N4.